The van der Waals surface area contributed by atoms with Gasteiger partial charge in [0.15, 0.2) is 0 Å². The fourth-order valence-electron chi connectivity index (χ4n) is 3.33. The molecule has 0 radical (unpaired) electrons. The van der Waals surface area contributed by atoms with Gasteiger partial charge in [0.1, 0.15) is 18.3 Å². The molecule has 1 amide bonds. The van der Waals surface area contributed by atoms with Gasteiger partial charge < -0.3 is 9.32 Å². The first-order valence-electron chi connectivity index (χ1n) is 8.65. The van der Waals surface area contributed by atoms with Crippen LogP contribution >= 0.6 is 11.6 Å². The van der Waals surface area contributed by atoms with E-state index in [1.807, 2.05) is 35.2 Å². The minimum absolute atomic E-state index is 0.0297. The molecule has 0 saturated carbocycles. The molecule has 1 aliphatic rings. The number of rotatable bonds is 5. The third-order valence-electron chi connectivity index (χ3n) is 4.61. The van der Waals surface area contributed by atoms with Gasteiger partial charge in [-0.3, -0.25) is 9.48 Å². The minimum atomic E-state index is -0.113. The Hall–Kier alpha value is -2.60. The maximum absolute atomic E-state index is 12.6. The summed E-state index contributed by atoms with van der Waals surface area (Å²) in [5, 5.41) is 4.81. The van der Waals surface area contributed by atoms with Crippen molar-refractivity contribution in [3.8, 4) is 0 Å². The molecule has 0 N–H and O–H groups in total. The van der Waals surface area contributed by atoms with E-state index in [2.05, 4.69) is 10.1 Å². The lowest BCUT2D eigenvalue weighted by Gasteiger charge is -2.22. The normalized spacial score (nSPS) is 17.0. The Morgan fingerprint density at radius 1 is 1.31 bits per heavy atom. The first-order valence-corrected chi connectivity index (χ1v) is 9.03. The van der Waals surface area contributed by atoms with Crippen LogP contribution in [0, 0.1) is 0 Å². The Morgan fingerprint density at radius 3 is 3.00 bits per heavy atom. The molecule has 3 heterocycles. The van der Waals surface area contributed by atoms with Crippen molar-refractivity contribution < 1.29 is 9.21 Å². The summed E-state index contributed by atoms with van der Waals surface area (Å²) < 4.78 is 7.59. The van der Waals surface area contributed by atoms with Crippen LogP contribution < -0.4 is 0 Å². The second-order valence-electron chi connectivity index (χ2n) is 6.38. The number of likely N-dealkylation sites (tertiary alicyclic amines) is 1. The number of oxazole rings is 1. The predicted molar refractivity (Wildman–Crippen MR) is 96.7 cm³/mol. The highest BCUT2D eigenvalue weighted by atomic mass is 35.5. The van der Waals surface area contributed by atoms with E-state index in [1.165, 1.54) is 0 Å². The summed E-state index contributed by atoms with van der Waals surface area (Å²) in [5.41, 5.74) is 0.995. The summed E-state index contributed by atoms with van der Waals surface area (Å²) in [6, 6.07) is 9.38. The Morgan fingerprint density at radius 2 is 2.19 bits per heavy atom. The van der Waals surface area contributed by atoms with Gasteiger partial charge in [-0.1, -0.05) is 29.8 Å². The largest absolute Gasteiger partial charge is 0.443 e. The number of benzene rings is 1. The van der Waals surface area contributed by atoms with E-state index in [9.17, 15) is 4.79 Å². The number of halogens is 1. The highest BCUT2D eigenvalue weighted by Gasteiger charge is 2.33. The van der Waals surface area contributed by atoms with Crippen LogP contribution in [-0.2, 0) is 17.8 Å². The highest BCUT2D eigenvalue weighted by Crippen LogP contribution is 2.32. The van der Waals surface area contributed by atoms with Gasteiger partial charge in [-0.15, -0.1) is 0 Å². The van der Waals surface area contributed by atoms with Gasteiger partial charge in [0, 0.05) is 30.4 Å². The lowest BCUT2D eigenvalue weighted by atomic mass is 10.1. The molecule has 6 nitrogen and oxygen atoms in total. The third-order valence-corrected chi connectivity index (χ3v) is 4.98. The van der Waals surface area contributed by atoms with E-state index in [-0.39, 0.29) is 18.5 Å². The van der Waals surface area contributed by atoms with Gasteiger partial charge in [0.05, 0.1) is 6.20 Å². The summed E-state index contributed by atoms with van der Waals surface area (Å²) in [7, 11) is 0. The van der Waals surface area contributed by atoms with Crippen molar-refractivity contribution in [2.75, 3.05) is 6.54 Å². The van der Waals surface area contributed by atoms with Gasteiger partial charge in [0.2, 0.25) is 11.8 Å². The van der Waals surface area contributed by atoms with E-state index in [4.69, 9.17) is 16.0 Å². The molecule has 1 atom stereocenters. The molecule has 134 valence electrons. The monoisotopic (exact) mass is 370 g/mol. The van der Waals surface area contributed by atoms with Crippen LogP contribution in [0.25, 0.3) is 0 Å². The van der Waals surface area contributed by atoms with Crippen LogP contribution in [0.4, 0.5) is 0 Å². The Kier molecular flexibility index (Phi) is 4.75. The van der Waals surface area contributed by atoms with Crippen molar-refractivity contribution in [1.82, 2.24) is 19.7 Å². The Bertz CT molecular complexity index is 891. The first kappa shape index (κ1) is 16.8. The fourth-order valence-corrected chi connectivity index (χ4v) is 3.54. The number of amides is 1. The molecule has 1 unspecified atom stereocenters. The second-order valence-corrected chi connectivity index (χ2v) is 6.79. The number of carbonyl (C=O) groups excluding carboxylic acids is 1. The average molecular weight is 371 g/mol. The molecule has 1 aliphatic heterocycles. The van der Waals surface area contributed by atoms with Crippen molar-refractivity contribution in [3.63, 3.8) is 0 Å². The van der Waals surface area contributed by atoms with Crippen LogP contribution in [0.2, 0.25) is 5.02 Å². The van der Waals surface area contributed by atoms with Crippen LogP contribution in [0.15, 0.2) is 53.3 Å². The number of hydrogen-bond donors (Lipinski definition) is 0. The summed E-state index contributed by atoms with van der Waals surface area (Å²) in [4.78, 5) is 18.9. The minimum Gasteiger partial charge on any atom is -0.443 e. The molecule has 1 fully saturated rings. The van der Waals surface area contributed by atoms with Crippen molar-refractivity contribution >= 4 is 17.5 Å². The topological polar surface area (TPSA) is 64.2 Å². The van der Waals surface area contributed by atoms with Crippen LogP contribution in [-0.4, -0.2) is 32.1 Å². The summed E-state index contributed by atoms with van der Waals surface area (Å²) in [6.45, 7) is 0.948. The lowest BCUT2D eigenvalue weighted by molar-refractivity contribution is -0.133. The van der Waals surface area contributed by atoms with E-state index in [1.54, 1.807) is 23.3 Å². The van der Waals surface area contributed by atoms with Gasteiger partial charge in [-0.25, -0.2) is 4.98 Å². The smallest absolute Gasteiger partial charge is 0.244 e. The van der Waals surface area contributed by atoms with Gasteiger partial charge >= 0.3 is 0 Å². The molecule has 0 aliphatic carbocycles. The molecule has 2 aromatic heterocycles. The molecule has 0 bridgehead atoms. The standard InChI is InChI=1S/C19H19ClN4O2/c20-16-6-2-1-5-14(16)11-15-12-21-19(26-15)17-7-3-10-24(17)18(25)13-23-9-4-8-22-23/h1-2,4-6,8-9,12,17H,3,7,10-11,13H2. The molecule has 7 heteroatoms. The maximum Gasteiger partial charge on any atom is 0.244 e. The summed E-state index contributed by atoms with van der Waals surface area (Å²) in [5.74, 6) is 1.37. The second kappa shape index (κ2) is 7.33. The van der Waals surface area contributed by atoms with Gasteiger partial charge in [-0.2, -0.15) is 5.10 Å². The number of carbonyl (C=O) groups is 1. The first-order chi connectivity index (χ1) is 12.7. The maximum atomic E-state index is 12.6. The van der Waals surface area contributed by atoms with E-state index < -0.39 is 0 Å². The zero-order valence-corrected chi connectivity index (χ0v) is 15.0. The zero-order valence-electron chi connectivity index (χ0n) is 14.2. The van der Waals surface area contributed by atoms with Crippen LogP contribution in [0.5, 0.6) is 0 Å². The van der Waals surface area contributed by atoms with Crippen molar-refractivity contribution in [1.29, 1.82) is 0 Å². The Balaban J connectivity index is 1.47. The van der Waals surface area contributed by atoms with Crippen LogP contribution in [0.3, 0.4) is 0 Å². The molecule has 4 rings (SSSR count). The quantitative estimate of drug-likeness (QED) is 0.689. The number of hydrogen-bond acceptors (Lipinski definition) is 4. The predicted octanol–water partition coefficient (Wildman–Crippen LogP) is 3.48. The molecular weight excluding hydrogens is 352 g/mol. The van der Waals surface area contributed by atoms with E-state index in [0.717, 1.165) is 24.2 Å². The van der Waals surface area contributed by atoms with Crippen molar-refractivity contribution in [2.45, 2.75) is 31.8 Å². The van der Waals surface area contributed by atoms with Crippen molar-refractivity contribution in [3.05, 3.63) is 71.2 Å². The number of nitrogens with zero attached hydrogens (tertiary/aromatic N) is 4. The van der Waals surface area contributed by atoms with E-state index >= 15 is 0 Å². The molecule has 0 spiro atoms. The summed E-state index contributed by atoms with van der Waals surface area (Å²) in [6.07, 6.45) is 7.57. The van der Waals surface area contributed by atoms with Gasteiger partial charge in [0.25, 0.3) is 0 Å². The Labute approximate surface area is 156 Å². The SMILES string of the molecule is O=C(Cn1cccn1)N1CCCC1c1ncc(Cc2ccccc2Cl)o1. The molecule has 26 heavy (non-hydrogen) atoms. The average Bonchev–Trinajstić information content (AvgIpc) is 3.37. The van der Waals surface area contributed by atoms with Gasteiger partial charge in [-0.05, 0) is 30.5 Å². The molecule has 1 aromatic carbocycles. The van der Waals surface area contributed by atoms with Crippen molar-refractivity contribution in [2.24, 2.45) is 0 Å². The number of aromatic nitrogens is 3. The third kappa shape index (κ3) is 3.51. The fraction of sp³-hybridized carbons (Fsp3) is 0.316. The van der Waals surface area contributed by atoms with E-state index in [0.29, 0.717) is 23.9 Å². The van der Waals surface area contributed by atoms with Crippen LogP contribution in [0.1, 0.15) is 36.1 Å². The molecule has 1 saturated heterocycles. The molecule has 3 aromatic rings. The highest BCUT2D eigenvalue weighted by molar-refractivity contribution is 6.31. The lowest BCUT2D eigenvalue weighted by Crippen LogP contribution is -2.33. The summed E-state index contributed by atoms with van der Waals surface area (Å²) >= 11 is 6.22. The molecular formula is C19H19ClN4O2. The zero-order chi connectivity index (χ0) is 17.9.